The highest BCUT2D eigenvalue weighted by atomic mass is 19.1. The third-order valence-corrected chi connectivity index (χ3v) is 6.17. The van der Waals surface area contributed by atoms with Crippen molar-refractivity contribution < 1.29 is 28.2 Å². The molecule has 2 aromatic carbocycles. The second-order valence-corrected chi connectivity index (χ2v) is 10.2. The Bertz CT molecular complexity index is 1320. The number of rotatable bonds is 4. The smallest absolute Gasteiger partial charge is 0.410 e. The van der Waals surface area contributed by atoms with E-state index in [1.165, 1.54) is 17.0 Å². The molecule has 10 heteroatoms. The van der Waals surface area contributed by atoms with Crippen LogP contribution in [0.2, 0.25) is 0 Å². The maximum absolute atomic E-state index is 15.1. The second kappa shape index (κ2) is 11.1. The lowest BCUT2D eigenvalue weighted by atomic mass is 9.93. The zero-order chi connectivity index (χ0) is 27.4. The Morgan fingerprint density at radius 2 is 2.03 bits per heavy atom. The van der Waals surface area contributed by atoms with Gasteiger partial charge in [0.05, 0.1) is 24.2 Å². The minimum Gasteiger partial charge on any atom is -0.488 e. The molecule has 0 aromatic heterocycles. The Morgan fingerprint density at radius 3 is 2.74 bits per heavy atom. The summed E-state index contributed by atoms with van der Waals surface area (Å²) in [6.07, 6.45) is -1.09. The summed E-state index contributed by atoms with van der Waals surface area (Å²) in [5, 5.41) is 21.4. The standard InChI is InChI=1S/C28H29FN4O5/c1-28(2,3)38-27(35)33-7-4-8-36-25(15-33)26(34)32-20(14-31)10-18-11-24-22(12-23(18)29)21-6-5-17(13-30)9-19(21)16-37-24/h5-6,9,11-12,20,25H,4,7-8,10,15-16H2,1-3H3,(H,32,34)/t20?,25-/m0/s1. The summed E-state index contributed by atoms with van der Waals surface area (Å²) < 4.78 is 32.0. The molecule has 2 aliphatic heterocycles. The summed E-state index contributed by atoms with van der Waals surface area (Å²) >= 11 is 0. The van der Waals surface area contributed by atoms with Gasteiger partial charge in [-0.1, -0.05) is 6.07 Å². The molecule has 1 saturated heterocycles. The van der Waals surface area contributed by atoms with Crippen LogP contribution >= 0.6 is 0 Å². The monoisotopic (exact) mass is 520 g/mol. The number of amides is 2. The Kier molecular flexibility index (Phi) is 7.84. The van der Waals surface area contributed by atoms with Crippen LogP contribution in [-0.2, 0) is 27.3 Å². The van der Waals surface area contributed by atoms with Gasteiger partial charge in [0, 0.05) is 25.1 Å². The first-order valence-corrected chi connectivity index (χ1v) is 12.4. The summed E-state index contributed by atoms with van der Waals surface area (Å²) in [7, 11) is 0. The molecule has 1 unspecified atom stereocenters. The van der Waals surface area contributed by atoms with E-state index in [0.29, 0.717) is 29.8 Å². The number of carbonyl (C=O) groups is 2. The number of nitriles is 2. The summed E-state index contributed by atoms with van der Waals surface area (Å²) in [6, 6.07) is 11.1. The van der Waals surface area contributed by atoms with E-state index in [4.69, 9.17) is 19.5 Å². The molecule has 38 heavy (non-hydrogen) atoms. The fourth-order valence-electron chi connectivity index (χ4n) is 4.37. The Morgan fingerprint density at radius 1 is 1.24 bits per heavy atom. The first kappa shape index (κ1) is 26.9. The zero-order valence-electron chi connectivity index (χ0n) is 21.5. The van der Waals surface area contributed by atoms with Gasteiger partial charge in [-0.05, 0) is 68.1 Å². The number of carbonyl (C=O) groups excluding carboxylic acids is 2. The molecular formula is C28H29FN4O5. The predicted molar refractivity (Wildman–Crippen MR) is 134 cm³/mol. The van der Waals surface area contributed by atoms with Crippen LogP contribution in [0.4, 0.5) is 9.18 Å². The highest BCUT2D eigenvalue weighted by Crippen LogP contribution is 2.39. The van der Waals surface area contributed by atoms with Crippen molar-refractivity contribution in [3.63, 3.8) is 0 Å². The minimum absolute atomic E-state index is 0.0210. The van der Waals surface area contributed by atoms with Crippen LogP contribution < -0.4 is 10.1 Å². The summed E-state index contributed by atoms with van der Waals surface area (Å²) in [5.74, 6) is -0.647. The van der Waals surface area contributed by atoms with E-state index in [-0.39, 0.29) is 31.7 Å². The van der Waals surface area contributed by atoms with Crippen molar-refractivity contribution in [1.29, 1.82) is 10.5 Å². The molecule has 1 N–H and O–H groups in total. The van der Waals surface area contributed by atoms with Crippen molar-refractivity contribution in [3.05, 3.63) is 52.8 Å². The van der Waals surface area contributed by atoms with Gasteiger partial charge < -0.3 is 24.4 Å². The number of hydrogen-bond donors (Lipinski definition) is 1. The maximum Gasteiger partial charge on any atom is 0.410 e. The molecule has 2 aliphatic rings. The Hall–Kier alpha value is -4.15. The maximum atomic E-state index is 15.1. The molecule has 1 fully saturated rings. The molecule has 2 aromatic rings. The summed E-state index contributed by atoms with van der Waals surface area (Å²) in [5.41, 5.74) is 2.15. The molecule has 0 bridgehead atoms. The molecule has 2 heterocycles. The fourth-order valence-corrected chi connectivity index (χ4v) is 4.37. The first-order valence-electron chi connectivity index (χ1n) is 12.4. The minimum atomic E-state index is -1.04. The first-order chi connectivity index (χ1) is 18.1. The van der Waals surface area contributed by atoms with E-state index in [1.54, 1.807) is 39.0 Å². The summed E-state index contributed by atoms with van der Waals surface area (Å²) in [6.45, 7) is 6.13. The van der Waals surface area contributed by atoms with Gasteiger partial charge in [0.15, 0.2) is 6.10 Å². The van der Waals surface area contributed by atoms with Gasteiger partial charge in [0.2, 0.25) is 0 Å². The number of nitrogens with one attached hydrogen (secondary N) is 1. The molecule has 9 nitrogen and oxygen atoms in total. The lowest BCUT2D eigenvalue weighted by Crippen LogP contribution is -2.48. The molecule has 198 valence electrons. The Balaban J connectivity index is 1.45. The van der Waals surface area contributed by atoms with Gasteiger partial charge in [-0.25, -0.2) is 9.18 Å². The van der Waals surface area contributed by atoms with Crippen molar-refractivity contribution in [3.8, 4) is 29.0 Å². The van der Waals surface area contributed by atoms with Crippen LogP contribution in [0.1, 0.15) is 43.9 Å². The van der Waals surface area contributed by atoms with Crippen LogP contribution in [0.5, 0.6) is 5.75 Å². The molecule has 0 aliphatic carbocycles. The molecule has 0 spiro atoms. The van der Waals surface area contributed by atoms with E-state index in [2.05, 4.69) is 11.4 Å². The average Bonchev–Trinajstić information content (AvgIpc) is 3.14. The normalized spacial score (nSPS) is 17.4. The molecule has 4 rings (SSSR count). The van der Waals surface area contributed by atoms with E-state index < -0.39 is 35.6 Å². The SMILES string of the molecule is CC(C)(C)OC(=O)N1CCCO[C@H](C(=O)NC(C#N)Cc2cc3c(cc2F)-c2ccc(C#N)cc2CO3)C1. The van der Waals surface area contributed by atoms with Gasteiger partial charge in [0.1, 0.15) is 29.8 Å². The number of hydrogen-bond acceptors (Lipinski definition) is 7. The van der Waals surface area contributed by atoms with Crippen molar-refractivity contribution in [1.82, 2.24) is 10.2 Å². The van der Waals surface area contributed by atoms with Crippen LogP contribution in [-0.4, -0.2) is 54.3 Å². The van der Waals surface area contributed by atoms with Crippen LogP contribution in [0.3, 0.4) is 0 Å². The number of fused-ring (bicyclic) bond motifs is 3. The highest BCUT2D eigenvalue weighted by Gasteiger charge is 2.31. The average molecular weight is 521 g/mol. The number of halogens is 1. The van der Waals surface area contributed by atoms with Crippen LogP contribution in [0, 0.1) is 28.5 Å². The number of benzene rings is 2. The van der Waals surface area contributed by atoms with Gasteiger partial charge in [-0.3, -0.25) is 4.79 Å². The third-order valence-electron chi connectivity index (χ3n) is 6.17. The number of ether oxygens (including phenoxy) is 3. The lowest BCUT2D eigenvalue weighted by molar-refractivity contribution is -0.133. The third kappa shape index (κ3) is 6.21. The van der Waals surface area contributed by atoms with Crippen LogP contribution in [0.25, 0.3) is 11.1 Å². The molecule has 2 amide bonds. The molecule has 2 atom stereocenters. The van der Waals surface area contributed by atoms with E-state index in [0.717, 1.165) is 11.1 Å². The largest absolute Gasteiger partial charge is 0.488 e. The molecule has 0 saturated carbocycles. The van der Waals surface area contributed by atoms with Gasteiger partial charge >= 0.3 is 6.09 Å². The van der Waals surface area contributed by atoms with Gasteiger partial charge in [-0.15, -0.1) is 0 Å². The predicted octanol–water partition coefficient (Wildman–Crippen LogP) is 3.83. The molecule has 0 radical (unpaired) electrons. The van der Waals surface area contributed by atoms with Crippen molar-refractivity contribution >= 4 is 12.0 Å². The lowest BCUT2D eigenvalue weighted by Gasteiger charge is -2.28. The van der Waals surface area contributed by atoms with Gasteiger partial charge in [0.25, 0.3) is 5.91 Å². The zero-order valence-corrected chi connectivity index (χ0v) is 21.5. The van der Waals surface area contributed by atoms with E-state index in [1.807, 2.05) is 6.07 Å². The molecular weight excluding hydrogens is 491 g/mol. The quantitative estimate of drug-likeness (QED) is 0.650. The van der Waals surface area contributed by atoms with Crippen molar-refractivity contribution in [2.45, 2.75) is 58.0 Å². The van der Waals surface area contributed by atoms with Gasteiger partial charge in [-0.2, -0.15) is 10.5 Å². The topological polar surface area (TPSA) is 125 Å². The van der Waals surface area contributed by atoms with Crippen LogP contribution in [0.15, 0.2) is 30.3 Å². The second-order valence-electron chi connectivity index (χ2n) is 10.2. The van der Waals surface area contributed by atoms with E-state index >= 15 is 4.39 Å². The summed E-state index contributed by atoms with van der Waals surface area (Å²) in [4.78, 5) is 26.9. The fraction of sp³-hybridized carbons (Fsp3) is 0.429. The Labute approximate surface area is 220 Å². The van der Waals surface area contributed by atoms with Crippen molar-refractivity contribution in [2.24, 2.45) is 0 Å². The van der Waals surface area contributed by atoms with E-state index in [9.17, 15) is 14.9 Å². The number of nitrogens with zero attached hydrogens (tertiary/aromatic N) is 3. The highest BCUT2D eigenvalue weighted by molar-refractivity contribution is 5.82. The van der Waals surface area contributed by atoms with Crippen molar-refractivity contribution in [2.75, 3.05) is 19.7 Å².